The third-order valence-electron chi connectivity index (χ3n) is 4.34. The second-order valence-corrected chi connectivity index (χ2v) is 8.36. The maximum atomic E-state index is 12.7. The maximum absolute atomic E-state index is 12.7. The number of methoxy groups -OCH3 is 1. The van der Waals surface area contributed by atoms with Crippen molar-refractivity contribution in [1.29, 1.82) is 0 Å². The van der Waals surface area contributed by atoms with E-state index in [-0.39, 0.29) is 24.6 Å². The summed E-state index contributed by atoms with van der Waals surface area (Å²) in [6, 6.07) is 7.66. The van der Waals surface area contributed by atoms with Gasteiger partial charge < -0.3 is 9.47 Å². The van der Waals surface area contributed by atoms with Gasteiger partial charge in [0.05, 0.1) is 12.0 Å². The van der Waals surface area contributed by atoms with Crippen molar-refractivity contribution < 1.29 is 35.9 Å². The fraction of sp³-hybridized carbons (Fsp3) is 0.316. The van der Waals surface area contributed by atoms with E-state index in [1.54, 1.807) is 18.3 Å². The Morgan fingerprint density at radius 2 is 1.94 bits per heavy atom. The highest BCUT2D eigenvalue weighted by atomic mass is 32.2. The van der Waals surface area contributed by atoms with Crippen LogP contribution in [-0.4, -0.2) is 44.3 Å². The van der Waals surface area contributed by atoms with Gasteiger partial charge in [0, 0.05) is 37.0 Å². The van der Waals surface area contributed by atoms with Crippen LogP contribution in [0.2, 0.25) is 0 Å². The summed E-state index contributed by atoms with van der Waals surface area (Å²) in [7, 11) is -2.35. The molecule has 0 aliphatic carbocycles. The van der Waals surface area contributed by atoms with Crippen LogP contribution in [0.3, 0.4) is 0 Å². The van der Waals surface area contributed by atoms with Gasteiger partial charge in [-0.2, -0.15) is 4.31 Å². The highest BCUT2D eigenvalue weighted by molar-refractivity contribution is 7.89. The number of aromatic nitrogens is 1. The molecule has 0 unspecified atom stereocenters. The number of pyridine rings is 1. The number of hydrogen-bond donors (Lipinski definition) is 1. The highest BCUT2D eigenvalue weighted by Gasteiger charge is 2.31. The van der Waals surface area contributed by atoms with E-state index in [1.807, 2.05) is 6.07 Å². The monoisotopic (exact) mass is 459 g/mol. The summed E-state index contributed by atoms with van der Waals surface area (Å²) in [6.45, 7) is 0.468. The fourth-order valence-corrected chi connectivity index (χ4v) is 4.23. The minimum atomic E-state index is -4.84. The first kappa shape index (κ1) is 22.8. The summed E-state index contributed by atoms with van der Waals surface area (Å²) in [5.41, 5.74) is 4.25. The van der Waals surface area contributed by atoms with E-state index in [1.165, 1.54) is 11.4 Å². The highest BCUT2D eigenvalue weighted by Crippen LogP contribution is 2.26. The zero-order chi connectivity index (χ0) is 22.5. The molecule has 8 nitrogen and oxygen atoms in total. The molecule has 0 saturated heterocycles. The van der Waals surface area contributed by atoms with Crippen molar-refractivity contribution in [3.8, 4) is 11.6 Å². The molecular formula is C19H20F3N3O5S. The molecule has 0 spiro atoms. The minimum Gasteiger partial charge on any atom is -0.481 e. The van der Waals surface area contributed by atoms with Gasteiger partial charge in [0.2, 0.25) is 15.9 Å². The average molecular weight is 459 g/mol. The molecule has 0 atom stereocenters. The van der Waals surface area contributed by atoms with Crippen molar-refractivity contribution in [2.45, 2.75) is 24.3 Å². The number of nitrogens with one attached hydrogen (secondary N) is 1. The molecule has 2 heterocycles. The lowest BCUT2D eigenvalue weighted by Crippen LogP contribution is -2.36. The van der Waals surface area contributed by atoms with Crippen LogP contribution in [0.25, 0.3) is 0 Å². The molecule has 0 amide bonds. The molecule has 2 aromatic rings. The van der Waals surface area contributed by atoms with Crippen LogP contribution in [0, 0.1) is 0 Å². The Kier molecular flexibility index (Phi) is 7.03. The van der Waals surface area contributed by atoms with Gasteiger partial charge in [0.25, 0.3) is 0 Å². The fourth-order valence-electron chi connectivity index (χ4n) is 2.85. The zero-order valence-electron chi connectivity index (χ0n) is 16.4. The number of halogens is 3. The second kappa shape index (κ2) is 9.54. The predicted molar refractivity (Wildman–Crippen MR) is 103 cm³/mol. The minimum absolute atomic E-state index is 0.0883. The SMILES string of the molecule is COc1ncccc1CONC1=CCN(S(=O)(=O)c2ccc(OC(F)(F)F)cc2)CC1. The number of benzene rings is 1. The van der Waals surface area contributed by atoms with Gasteiger partial charge >= 0.3 is 6.36 Å². The number of nitrogens with zero attached hydrogens (tertiary/aromatic N) is 2. The molecule has 0 bridgehead atoms. The Morgan fingerprint density at radius 3 is 2.55 bits per heavy atom. The molecule has 1 aromatic heterocycles. The lowest BCUT2D eigenvalue weighted by atomic mass is 10.2. The summed E-state index contributed by atoms with van der Waals surface area (Å²) in [4.78, 5) is 9.40. The third-order valence-corrected chi connectivity index (χ3v) is 6.22. The molecule has 0 saturated carbocycles. The van der Waals surface area contributed by atoms with Crippen LogP contribution in [0.1, 0.15) is 12.0 Å². The van der Waals surface area contributed by atoms with Gasteiger partial charge in [-0.15, -0.1) is 13.2 Å². The van der Waals surface area contributed by atoms with Gasteiger partial charge in [0.1, 0.15) is 12.4 Å². The second-order valence-electron chi connectivity index (χ2n) is 6.42. The van der Waals surface area contributed by atoms with E-state index in [9.17, 15) is 21.6 Å². The van der Waals surface area contributed by atoms with Gasteiger partial charge in [-0.25, -0.2) is 13.4 Å². The zero-order valence-corrected chi connectivity index (χ0v) is 17.2. The summed E-state index contributed by atoms with van der Waals surface area (Å²) in [5.74, 6) is -0.0373. The van der Waals surface area contributed by atoms with Crippen LogP contribution < -0.4 is 15.0 Å². The van der Waals surface area contributed by atoms with Crippen LogP contribution in [0.5, 0.6) is 11.6 Å². The summed E-state index contributed by atoms with van der Waals surface area (Å²) in [5, 5.41) is 0. The molecule has 31 heavy (non-hydrogen) atoms. The predicted octanol–water partition coefficient (Wildman–Crippen LogP) is 2.99. The summed E-state index contributed by atoms with van der Waals surface area (Å²) >= 11 is 0. The Bertz CT molecular complexity index is 1030. The number of alkyl halides is 3. The van der Waals surface area contributed by atoms with E-state index in [2.05, 4.69) is 15.2 Å². The molecule has 0 radical (unpaired) electrons. The van der Waals surface area contributed by atoms with Crippen LogP contribution in [0.15, 0.2) is 59.3 Å². The molecule has 1 aromatic carbocycles. The van der Waals surface area contributed by atoms with Gasteiger partial charge in [0.15, 0.2) is 0 Å². The first-order valence-corrected chi connectivity index (χ1v) is 10.5. The van der Waals surface area contributed by atoms with Crippen LogP contribution in [0.4, 0.5) is 13.2 Å². The number of sulfonamides is 1. The van der Waals surface area contributed by atoms with E-state index in [0.29, 0.717) is 18.0 Å². The first-order valence-electron chi connectivity index (χ1n) is 9.10. The number of rotatable bonds is 8. The Labute approximate surface area is 177 Å². The van der Waals surface area contributed by atoms with Crippen molar-refractivity contribution in [3.63, 3.8) is 0 Å². The van der Waals surface area contributed by atoms with Gasteiger partial charge in [-0.3, -0.25) is 10.3 Å². The standard InChI is InChI=1S/C19H20F3N3O5S/c1-28-18-14(3-2-10-23-18)13-29-24-15-8-11-25(12-9-15)31(26,27)17-6-4-16(5-7-17)30-19(20,21)22/h2-8,10,24H,9,11-13H2,1H3. The van der Waals surface area contributed by atoms with Crippen molar-refractivity contribution in [1.82, 2.24) is 14.8 Å². The molecule has 1 aliphatic rings. The Morgan fingerprint density at radius 1 is 1.19 bits per heavy atom. The third kappa shape index (κ3) is 6.09. The molecular weight excluding hydrogens is 439 g/mol. The van der Waals surface area contributed by atoms with Crippen molar-refractivity contribution >= 4 is 10.0 Å². The maximum Gasteiger partial charge on any atom is 0.573 e. The molecule has 168 valence electrons. The lowest BCUT2D eigenvalue weighted by molar-refractivity contribution is -0.274. The van der Waals surface area contributed by atoms with Crippen molar-refractivity contribution in [2.24, 2.45) is 0 Å². The number of ether oxygens (including phenoxy) is 2. The van der Waals surface area contributed by atoms with E-state index >= 15 is 0 Å². The van der Waals surface area contributed by atoms with Crippen LogP contribution >= 0.6 is 0 Å². The molecule has 1 N–H and O–H groups in total. The first-order chi connectivity index (χ1) is 14.7. The Balaban J connectivity index is 1.56. The molecule has 3 rings (SSSR count). The van der Waals surface area contributed by atoms with Gasteiger partial charge in [-0.1, -0.05) is 0 Å². The normalized spacial score (nSPS) is 15.3. The molecule has 1 aliphatic heterocycles. The molecule has 0 fully saturated rings. The summed E-state index contributed by atoms with van der Waals surface area (Å²) in [6.07, 6.45) is -1.20. The van der Waals surface area contributed by atoms with Crippen LogP contribution in [-0.2, 0) is 21.5 Å². The van der Waals surface area contributed by atoms with Gasteiger partial charge in [-0.05, 0) is 42.5 Å². The molecule has 12 heteroatoms. The lowest BCUT2D eigenvalue weighted by Gasteiger charge is -2.26. The topological polar surface area (TPSA) is 90.0 Å². The van der Waals surface area contributed by atoms with E-state index in [0.717, 1.165) is 29.8 Å². The Hall–Kier alpha value is -2.83. The average Bonchev–Trinajstić information content (AvgIpc) is 2.74. The summed E-state index contributed by atoms with van der Waals surface area (Å²) < 4.78 is 72.3. The van der Waals surface area contributed by atoms with Crippen molar-refractivity contribution in [3.05, 3.63) is 59.9 Å². The smallest absolute Gasteiger partial charge is 0.481 e. The van der Waals surface area contributed by atoms with Crippen molar-refractivity contribution in [2.75, 3.05) is 20.2 Å². The quantitative estimate of drug-likeness (QED) is 0.607. The van der Waals surface area contributed by atoms with E-state index in [4.69, 9.17) is 9.57 Å². The van der Waals surface area contributed by atoms with E-state index < -0.39 is 22.1 Å². The largest absolute Gasteiger partial charge is 0.573 e. The number of hydrogen-bond acceptors (Lipinski definition) is 7. The number of hydroxylamine groups is 1.